The maximum Gasteiger partial charge on any atom is 0.422 e. The number of rotatable bonds is 8. The first-order valence-corrected chi connectivity index (χ1v) is 10.0. The van der Waals surface area contributed by atoms with Crippen LogP contribution in [-0.2, 0) is 12.6 Å². The minimum Gasteiger partial charge on any atom is -0.206 e. The number of allylic oxidation sites excluding steroid dienone is 2. The summed E-state index contributed by atoms with van der Waals surface area (Å²) in [6.07, 6.45) is 9.87. The predicted molar refractivity (Wildman–Crippen MR) is 98.4 cm³/mol. The van der Waals surface area contributed by atoms with Crippen molar-refractivity contribution in [2.75, 3.05) is 0 Å². The molecule has 0 nitrogen and oxygen atoms in total. The highest BCUT2D eigenvalue weighted by molar-refractivity contribution is 5.28. The third-order valence-corrected chi connectivity index (χ3v) is 5.56. The molecule has 27 heavy (non-hydrogen) atoms. The van der Waals surface area contributed by atoms with Crippen LogP contribution in [0.1, 0.15) is 75.8 Å². The molecule has 1 aromatic carbocycles. The average molecular weight is 388 g/mol. The lowest BCUT2D eigenvalue weighted by molar-refractivity contribution is -0.142. The average Bonchev–Trinajstić information content (AvgIpc) is 2.59. The number of alkyl halides is 3. The van der Waals surface area contributed by atoms with Crippen LogP contribution in [0.15, 0.2) is 24.3 Å². The Morgan fingerprint density at radius 3 is 1.93 bits per heavy atom. The van der Waals surface area contributed by atoms with Crippen LogP contribution in [0.25, 0.3) is 0 Å². The van der Waals surface area contributed by atoms with E-state index in [1.165, 1.54) is 25.7 Å². The first-order valence-electron chi connectivity index (χ1n) is 10.0. The zero-order valence-corrected chi connectivity index (χ0v) is 15.9. The fourth-order valence-corrected chi connectivity index (χ4v) is 3.95. The van der Waals surface area contributed by atoms with Crippen LogP contribution >= 0.6 is 0 Å². The second-order valence-electron chi connectivity index (χ2n) is 7.70. The summed E-state index contributed by atoms with van der Waals surface area (Å²) in [5.74, 6) is -1.80. The van der Waals surface area contributed by atoms with E-state index in [1.807, 2.05) is 0 Å². The first-order chi connectivity index (χ1) is 12.8. The predicted octanol–water partition coefficient (Wildman–Crippen LogP) is 7.86. The van der Waals surface area contributed by atoms with Crippen LogP contribution in [0.4, 0.5) is 22.0 Å². The molecule has 5 heteroatoms. The topological polar surface area (TPSA) is 0 Å². The second-order valence-corrected chi connectivity index (χ2v) is 7.70. The van der Waals surface area contributed by atoms with Gasteiger partial charge in [-0.1, -0.05) is 51.2 Å². The molecule has 0 radical (unpaired) electrons. The van der Waals surface area contributed by atoms with Crippen molar-refractivity contribution in [3.05, 3.63) is 47.0 Å². The van der Waals surface area contributed by atoms with Gasteiger partial charge in [-0.3, -0.25) is 0 Å². The SMILES string of the molecule is CCC/C=C/CCC1CCC(CCc2cc(F)c(C(F)(F)F)c(F)c2)CC1. The van der Waals surface area contributed by atoms with Crippen LogP contribution < -0.4 is 0 Å². The van der Waals surface area contributed by atoms with Crippen LogP contribution in [0.5, 0.6) is 0 Å². The summed E-state index contributed by atoms with van der Waals surface area (Å²) in [4.78, 5) is 0. The molecule has 0 unspecified atom stereocenters. The minimum atomic E-state index is -5.00. The van der Waals surface area contributed by atoms with Crippen molar-refractivity contribution < 1.29 is 22.0 Å². The molecule has 1 aromatic rings. The van der Waals surface area contributed by atoms with E-state index in [4.69, 9.17) is 0 Å². The van der Waals surface area contributed by atoms with E-state index in [1.54, 1.807) is 0 Å². The van der Waals surface area contributed by atoms with E-state index in [0.717, 1.165) is 50.2 Å². The van der Waals surface area contributed by atoms with Gasteiger partial charge >= 0.3 is 6.18 Å². The molecule has 0 amide bonds. The molecule has 1 fully saturated rings. The Bertz CT molecular complexity index is 587. The maximum atomic E-state index is 13.7. The number of halogens is 5. The van der Waals surface area contributed by atoms with E-state index in [9.17, 15) is 22.0 Å². The lowest BCUT2D eigenvalue weighted by Gasteiger charge is -2.28. The molecule has 1 aliphatic rings. The van der Waals surface area contributed by atoms with Gasteiger partial charge < -0.3 is 0 Å². The van der Waals surface area contributed by atoms with Crippen molar-refractivity contribution in [2.45, 2.75) is 77.3 Å². The molecule has 0 N–H and O–H groups in total. The zero-order valence-electron chi connectivity index (χ0n) is 15.9. The standard InChI is InChI=1S/C22H29F5/c1-2-3-4-5-6-7-16-8-10-17(11-9-16)12-13-18-14-19(23)21(20(24)15-18)22(25,26)27/h4-5,14-17H,2-3,6-13H2,1H3/b5-4+. The normalized spacial score (nSPS) is 21.1. The molecular weight excluding hydrogens is 359 g/mol. The molecule has 0 heterocycles. The highest BCUT2D eigenvalue weighted by atomic mass is 19.4. The van der Waals surface area contributed by atoms with Crippen LogP contribution in [-0.4, -0.2) is 0 Å². The van der Waals surface area contributed by atoms with Crippen LogP contribution in [0.3, 0.4) is 0 Å². The van der Waals surface area contributed by atoms with Gasteiger partial charge in [0.1, 0.15) is 17.2 Å². The molecule has 0 atom stereocenters. The van der Waals surface area contributed by atoms with E-state index < -0.39 is 23.4 Å². The zero-order chi connectivity index (χ0) is 19.9. The van der Waals surface area contributed by atoms with E-state index in [2.05, 4.69) is 19.1 Å². The monoisotopic (exact) mass is 388 g/mol. The summed E-state index contributed by atoms with van der Waals surface area (Å²) in [6, 6.07) is 1.67. The smallest absolute Gasteiger partial charge is 0.206 e. The van der Waals surface area contributed by atoms with Crippen molar-refractivity contribution in [1.82, 2.24) is 0 Å². The molecular formula is C22H29F5. The third kappa shape index (κ3) is 6.93. The molecule has 2 rings (SSSR count). The van der Waals surface area contributed by atoms with Crippen molar-refractivity contribution in [3.8, 4) is 0 Å². The highest BCUT2D eigenvalue weighted by Gasteiger charge is 2.37. The fourth-order valence-electron chi connectivity index (χ4n) is 3.95. The lowest BCUT2D eigenvalue weighted by atomic mass is 9.78. The van der Waals surface area contributed by atoms with E-state index >= 15 is 0 Å². The molecule has 0 aromatic heterocycles. The van der Waals surface area contributed by atoms with Gasteiger partial charge in [0.05, 0.1) is 0 Å². The summed E-state index contributed by atoms with van der Waals surface area (Å²) >= 11 is 0. The summed E-state index contributed by atoms with van der Waals surface area (Å²) in [7, 11) is 0. The Morgan fingerprint density at radius 2 is 1.41 bits per heavy atom. The summed E-state index contributed by atoms with van der Waals surface area (Å²) in [5.41, 5.74) is -1.49. The van der Waals surface area contributed by atoms with Gasteiger partial charge in [0.2, 0.25) is 0 Å². The van der Waals surface area contributed by atoms with Crippen molar-refractivity contribution in [2.24, 2.45) is 11.8 Å². The highest BCUT2D eigenvalue weighted by Crippen LogP contribution is 2.36. The fraction of sp³-hybridized carbons (Fsp3) is 0.636. The Balaban J connectivity index is 1.77. The van der Waals surface area contributed by atoms with Crippen molar-refractivity contribution in [1.29, 1.82) is 0 Å². The molecule has 0 bridgehead atoms. The molecule has 0 aliphatic heterocycles. The van der Waals surface area contributed by atoms with Gasteiger partial charge in [0.25, 0.3) is 0 Å². The van der Waals surface area contributed by atoms with Crippen molar-refractivity contribution >= 4 is 0 Å². The van der Waals surface area contributed by atoms with Crippen LogP contribution in [0, 0.1) is 23.5 Å². The Labute approximate surface area is 158 Å². The second kappa shape index (κ2) is 10.2. The number of benzene rings is 1. The van der Waals surface area contributed by atoms with Crippen molar-refractivity contribution in [3.63, 3.8) is 0 Å². The number of unbranched alkanes of at least 4 members (excludes halogenated alkanes) is 1. The van der Waals surface area contributed by atoms with Gasteiger partial charge in [-0.25, -0.2) is 8.78 Å². The Hall–Kier alpha value is -1.39. The van der Waals surface area contributed by atoms with E-state index in [0.29, 0.717) is 17.9 Å². The third-order valence-electron chi connectivity index (χ3n) is 5.56. The first kappa shape index (κ1) is 21.9. The quantitative estimate of drug-likeness (QED) is 0.314. The molecule has 1 aliphatic carbocycles. The molecule has 152 valence electrons. The Kier molecular flexibility index (Phi) is 8.30. The van der Waals surface area contributed by atoms with Crippen LogP contribution in [0.2, 0.25) is 0 Å². The Morgan fingerprint density at radius 1 is 0.889 bits per heavy atom. The number of aryl methyl sites for hydroxylation is 1. The van der Waals surface area contributed by atoms with Gasteiger partial charge in [-0.2, -0.15) is 13.2 Å². The molecule has 1 saturated carbocycles. The van der Waals surface area contributed by atoms with Gasteiger partial charge in [0.15, 0.2) is 0 Å². The van der Waals surface area contributed by atoms with Gasteiger partial charge in [0, 0.05) is 0 Å². The minimum absolute atomic E-state index is 0.307. The summed E-state index contributed by atoms with van der Waals surface area (Å²) < 4.78 is 65.2. The summed E-state index contributed by atoms with van der Waals surface area (Å²) in [6.45, 7) is 2.17. The summed E-state index contributed by atoms with van der Waals surface area (Å²) in [5, 5.41) is 0. The number of hydrogen-bond donors (Lipinski definition) is 0. The molecule has 0 saturated heterocycles. The lowest BCUT2D eigenvalue weighted by Crippen LogP contribution is -2.15. The number of hydrogen-bond acceptors (Lipinski definition) is 0. The molecule has 0 spiro atoms. The maximum absolute atomic E-state index is 13.7. The van der Waals surface area contributed by atoms with Gasteiger partial charge in [-0.15, -0.1) is 0 Å². The largest absolute Gasteiger partial charge is 0.422 e. The van der Waals surface area contributed by atoms with E-state index in [-0.39, 0.29) is 0 Å². The van der Waals surface area contributed by atoms with Gasteiger partial charge in [-0.05, 0) is 61.6 Å².